The molecule has 0 saturated carbocycles. The van der Waals surface area contributed by atoms with Crippen LogP contribution in [-0.2, 0) is 20.8 Å². The Balaban J connectivity index is 0.00000166. The number of hydrogen-bond donors (Lipinski definition) is 1. The van der Waals surface area contributed by atoms with E-state index in [4.69, 9.17) is 25.8 Å². The van der Waals surface area contributed by atoms with Crippen molar-refractivity contribution in [3.8, 4) is 0 Å². The number of carbonyl (C=O) groups excluding carboxylic acids is 1. The molecule has 0 bridgehead atoms. The Kier molecular flexibility index (Phi) is 8.50. The molecule has 1 aromatic heterocycles. The Hall–Kier alpha value is -2.55. The molecule has 1 aliphatic rings. The van der Waals surface area contributed by atoms with Crippen LogP contribution in [0, 0.1) is 0 Å². The third kappa shape index (κ3) is 6.72. The van der Waals surface area contributed by atoms with Crippen molar-refractivity contribution in [3.63, 3.8) is 0 Å². The molecule has 1 atom stereocenters. The highest BCUT2D eigenvalue weighted by molar-refractivity contribution is 6.31. The van der Waals surface area contributed by atoms with Crippen molar-refractivity contribution in [2.75, 3.05) is 13.2 Å². The van der Waals surface area contributed by atoms with Crippen LogP contribution in [0.3, 0.4) is 0 Å². The van der Waals surface area contributed by atoms with Crippen LogP contribution in [0.15, 0.2) is 30.2 Å². The number of nitrogens with zero attached hydrogens (tertiary/aromatic N) is 2. The number of imidazole rings is 1. The molecule has 172 valence electrons. The molecule has 3 rings (SSSR count). The van der Waals surface area contributed by atoms with Gasteiger partial charge in [0.2, 0.25) is 0 Å². The number of benzene rings is 1. The maximum atomic E-state index is 13.3. The van der Waals surface area contributed by atoms with Gasteiger partial charge in [0.1, 0.15) is 30.9 Å². The Morgan fingerprint density at radius 2 is 2.03 bits per heavy atom. The van der Waals surface area contributed by atoms with Crippen molar-refractivity contribution in [2.24, 2.45) is 0 Å². The molecule has 1 aromatic carbocycles. The zero-order valence-corrected chi connectivity index (χ0v) is 19.0. The van der Waals surface area contributed by atoms with Gasteiger partial charge in [-0.3, -0.25) is 0 Å². The van der Waals surface area contributed by atoms with E-state index in [1.54, 1.807) is 39.0 Å². The molecule has 0 saturated heterocycles. The summed E-state index contributed by atoms with van der Waals surface area (Å²) in [6.45, 7) is 9.12. The van der Waals surface area contributed by atoms with Crippen molar-refractivity contribution in [3.05, 3.63) is 41.1 Å². The monoisotopic (exact) mass is 459 g/mol. The van der Waals surface area contributed by atoms with Gasteiger partial charge < -0.3 is 24.1 Å². The largest absolute Gasteiger partial charge is 0.494 e. The molecule has 10 heteroatoms. The molecule has 1 amide bonds. The van der Waals surface area contributed by atoms with Crippen molar-refractivity contribution < 1.29 is 27.8 Å². The van der Waals surface area contributed by atoms with Gasteiger partial charge in [-0.05, 0) is 39.0 Å². The van der Waals surface area contributed by atoms with Crippen LogP contribution < -0.4 is 5.32 Å². The van der Waals surface area contributed by atoms with Gasteiger partial charge in [0, 0.05) is 5.02 Å². The Bertz CT molecular complexity index is 925. The summed E-state index contributed by atoms with van der Waals surface area (Å²) < 4.78 is 44.2. The minimum absolute atomic E-state index is 0.158. The molecule has 2 heterocycles. The second kappa shape index (κ2) is 10.7. The third-order valence-corrected chi connectivity index (χ3v) is 4.17. The Morgan fingerprint density at radius 3 is 2.61 bits per heavy atom. The quantitative estimate of drug-likeness (QED) is 0.644. The zero-order valence-electron chi connectivity index (χ0n) is 18.2. The van der Waals surface area contributed by atoms with Gasteiger partial charge in [-0.1, -0.05) is 25.4 Å². The van der Waals surface area contributed by atoms with Crippen LogP contribution in [0.5, 0.6) is 0 Å². The van der Waals surface area contributed by atoms with E-state index in [9.17, 15) is 13.6 Å². The Morgan fingerprint density at radius 1 is 1.32 bits per heavy atom. The van der Waals surface area contributed by atoms with Gasteiger partial charge in [0.05, 0.1) is 17.6 Å². The fraction of sp³-hybridized carbons (Fsp3) is 0.524. The number of rotatable bonds is 5. The maximum Gasteiger partial charge on any atom is 0.408 e. The van der Waals surface area contributed by atoms with E-state index in [1.807, 2.05) is 13.8 Å². The highest BCUT2D eigenvalue weighted by Crippen LogP contribution is 2.30. The maximum absolute atomic E-state index is 13.3. The molecule has 0 radical (unpaired) electrons. The number of alkyl carbamates (subject to hydrolysis) is 1. The lowest BCUT2D eigenvalue weighted by Gasteiger charge is -2.26. The van der Waals surface area contributed by atoms with Crippen molar-refractivity contribution in [1.29, 1.82) is 0 Å². The van der Waals surface area contributed by atoms with Crippen LogP contribution in [0.2, 0.25) is 5.02 Å². The number of ether oxygens (including phenoxy) is 3. The van der Waals surface area contributed by atoms with Gasteiger partial charge >= 0.3 is 6.09 Å². The second-order valence-electron chi connectivity index (χ2n) is 7.42. The summed E-state index contributed by atoms with van der Waals surface area (Å²) in [4.78, 5) is 16.9. The van der Waals surface area contributed by atoms with Crippen LogP contribution >= 0.6 is 11.6 Å². The lowest BCUT2D eigenvalue weighted by molar-refractivity contribution is 0.0420. The van der Waals surface area contributed by atoms with Crippen molar-refractivity contribution >= 4 is 28.7 Å². The van der Waals surface area contributed by atoms with Gasteiger partial charge in [-0.25, -0.2) is 18.6 Å². The molecule has 1 unspecified atom stereocenters. The first-order valence-electron chi connectivity index (χ1n) is 10.0. The number of alkyl halides is 2. The molecule has 1 N–H and O–H groups in total. The van der Waals surface area contributed by atoms with Crippen LogP contribution in [0.1, 0.15) is 46.5 Å². The average molecular weight is 460 g/mol. The fourth-order valence-corrected chi connectivity index (χ4v) is 3.06. The smallest absolute Gasteiger partial charge is 0.408 e. The number of amides is 1. The lowest BCUT2D eigenvalue weighted by Crippen LogP contribution is -2.38. The normalized spacial score (nSPS) is 14.7. The number of fused-ring (bicyclic) bond motifs is 1. The standard InChI is InChI=1S/C19H22ClF2N3O4.C2H6/c1-19(2,3)29-18(26)24-16(14-10-27-6-7-28-14)17-23-12-8-11(20)4-5-13(12)25(17)9-15(21)22;1-2/h4-5,8,10,15-16H,6-7,9H2,1-3H3,(H,24,26);1-2H3. The summed E-state index contributed by atoms with van der Waals surface area (Å²) in [7, 11) is 0. The van der Waals surface area contributed by atoms with Gasteiger partial charge in [0.15, 0.2) is 11.8 Å². The van der Waals surface area contributed by atoms with Crippen molar-refractivity contribution in [1.82, 2.24) is 14.9 Å². The van der Waals surface area contributed by atoms with E-state index in [2.05, 4.69) is 10.3 Å². The number of carbonyl (C=O) groups is 1. The SMILES string of the molecule is CC.CC(C)(C)OC(=O)NC(C1=COCCO1)c1nc2cc(Cl)ccc2n1CC(F)F. The van der Waals surface area contributed by atoms with E-state index in [1.165, 1.54) is 10.8 Å². The molecule has 2 aromatic rings. The zero-order chi connectivity index (χ0) is 23.2. The molecule has 0 fully saturated rings. The summed E-state index contributed by atoms with van der Waals surface area (Å²) in [5, 5.41) is 3.07. The van der Waals surface area contributed by atoms with Crippen LogP contribution in [-0.4, -0.2) is 40.9 Å². The molecule has 7 nitrogen and oxygen atoms in total. The molecular formula is C21H28ClF2N3O4. The minimum Gasteiger partial charge on any atom is -0.494 e. The van der Waals surface area contributed by atoms with Crippen LogP contribution in [0.4, 0.5) is 13.6 Å². The fourth-order valence-electron chi connectivity index (χ4n) is 2.89. The van der Waals surface area contributed by atoms with Gasteiger partial charge in [0.25, 0.3) is 6.43 Å². The first-order valence-corrected chi connectivity index (χ1v) is 10.4. The van der Waals surface area contributed by atoms with Gasteiger partial charge in [-0.2, -0.15) is 0 Å². The topological polar surface area (TPSA) is 74.6 Å². The summed E-state index contributed by atoms with van der Waals surface area (Å²) in [6, 6.07) is 3.77. The van der Waals surface area contributed by atoms with E-state index in [-0.39, 0.29) is 18.2 Å². The van der Waals surface area contributed by atoms with E-state index in [0.717, 1.165) is 0 Å². The highest BCUT2D eigenvalue weighted by atomic mass is 35.5. The molecule has 1 aliphatic heterocycles. The summed E-state index contributed by atoms with van der Waals surface area (Å²) >= 11 is 6.03. The average Bonchev–Trinajstić information content (AvgIpc) is 3.03. The third-order valence-electron chi connectivity index (χ3n) is 3.93. The molecule has 0 spiro atoms. The predicted octanol–water partition coefficient (Wildman–Crippen LogP) is 5.44. The predicted molar refractivity (Wildman–Crippen MR) is 114 cm³/mol. The minimum atomic E-state index is -2.64. The van der Waals surface area contributed by atoms with E-state index < -0.39 is 30.7 Å². The number of aromatic nitrogens is 2. The van der Waals surface area contributed by atoms with E-state index in [0.29, 0.717) is 22.7 Å². The summed E-state index contributed by atoms with van der Waals surface area (Å²) in [5.41, 5.74) is 0.128. The Labute approximate surface area is 185 Å². The number of hydrogen-bond acceptors (Lipinski definition) is 5. The van der Waals surface area contributed by atoms with Gasteiger partial charge in [-0.15, -0.1) is 0 Å². The highest BCUT2D eigenvalue weighted by Gasteiger charge is 2.31. The number of halogens is 3. The first-order chi connectivity index (χ1) is 14.6. The van der Waals surface area contributed by atoms with Crippen molar-refractivity contribution in [2.45, 2.75) is 59.2 Å². The molecular weight excluding hydrogens is 432 g/mol. The summed E-state index contributed by atoms with van der Waals surface area (Å²) in [5.74, 6) is 0.393. The first kappa shape index (κ1) is 24.7. The molecule has 31 heavy (non-hydrogen) atoms. The second-order valence-corrected chi connectivity index (χ2v) is 7.86. The van der Waals surface area contributed by atoms with E-state index >= 15 is 0 Å². The number of nitrogens with one attached hydrogen (secondary N) is 1. The lowest BCUT2D eigenvalue weighted by atomic mass is 10.2. The van der Waals surface area contributed by atoms with Crippen LogP contribution in [0.25, 0.3) is 11.0 Å². The summed E-state index contributed by atoms with van der Waals surface area (Å²) in [6.07, 6.45) is -2.04. The molecule has 0 aliphatic carbocycles.